The molecule has 2 aromatic carbocycles. The van der Waals surface area contributed by atoms with Crippen molar-refractivity contribution in [2.24, 2.45) is 5.73 Å². The molecule has 3 aromatic rings. The van der Waals surface area contributed by atoms with Crippen molar-refractivity contribution < 1.29 is 23.9 Å². The summed E-state index contributed by atoms with van der Waals surface area (Å²) in [6.07, 6.45) is 0. The Morgan fingerprint density at radius 3 is 2.44 bits per heavy atom. The summed E-state index contributed by atoms with van der Waals surface area (Å²) in [5.74, 6) is -1.73. The number of primary amides is 1. The molecule has 0 spiro atoms. The number of methoxy groups -OCH3 is 1. The van der Waals surface area contributed by atoms with E-state index in [1.165, 1.54) is 7.11 Å². The van der Waals surface area contributed by atoms with Crippen LogP contribution >= 0.6 is 23.1 Å². The predicted molar refractivity (Wildman–Crippen MR) is 134 cm³/mol. The number of benzene rings is 2. The number of anilines is 2. The molecule has 8 nitrogen and oxygen atoms in total. The largest absolute Gasteiger partial charge is 0.460 e. The first-order valence-corrected chi connectivity index (χ1v) is 12.0. The Labute approximate surface area is 205 Å². The zero-order chi connectivity index (χ0) is 24.5. The lowest BCUT2D eigenvalue weighted by atomic mass is 10.1. The fourth-order valence-electron chi connectivity index (χ4n) is 3.04. The number of thiophene rings is 1. The van der Waals surface area contributed by atoms with Gasteiger partial charge in [0, 0.05) is 22.6 Å². The Morgan fingerprint density at radius 2 is 1.74 bits per heavy atom. The molecule has 0 aliphatic rings. The summed E-state index contributed by atoms with van der Waals surface area (Å²) in [6, 6.07) is 17.6. The third-order valence-corrected chi connectivity index (χ3v) is 6.95. The van der Waals surface area contributed by atoms with Gasteiger partial charge in [0.25, 0.3) is 5.91 Å². The smallest absolute Gasteiger partial charge is 0.341 e. The number of nitrogens with one attached hydrogen (secondary N) is 2. The molecule has 0 fully saturated rings. The number of carbonyl (C=O) groups excluding carboxylic acids is 3. The average Bonchev–Trinajstić information content (AvgIpc) is 3.15. The molecule has 1 aromatic heterocycles. The van der Waals surface area contributed by atoms with Gasteiger partial charge >= 0.3 is 5.97 Å². The van der Waals surface area contributed by atoms with E-state index in [1.54, 1.807) is 18.7 Å². The molecule has 0 saturated carbocycles. The summed E-state index contributed by atoms with van der Waals surface area (Å²) >= 11 is 2.53. The number of nitrogens with two attached hydrogens (primary N) is 1. The normalized spacial score (nSPS) is 10.5. The summed E-state index contributed by atoms with van der Waals surface area (Å²) in [6.45, 7) is 1.81. The zero-order valence-corrected chi connectivity index (χ0v) is 20.4. The first-order valence-electron chi connectivity index (χ1n) is 10.4. The number of hydrogen-bond acceptors (Lipinski definition) is 8. The highest BCUT2D eigenvalue weighted by molar-refractivity contribution is 7.99. The molecule has 0 atom stereocenters. The van der Waals surface area contributed by atoms with Gasteiger partial charge in [-0.1, -0.05) is 42.1 Å². The van der Waals surface area contributed by atoms with Crippen LogP contribution < -0.4 is 16.4 Å². The number of esters is 1. The van der Waals surface area contributed by atoms with E-state index in [9.17, 15) is 14.4 Å². The van der Waals surface area contributed by atoms with Gasteiger partial charge in [0.2, 0.25) is 5.91 Å². The van der Waals surface area contributed by atoms with Crippen LogP contribution in [0.25, 0.3) is 0 Å². The first kappa shape index (κ1) is 25.3. The maximum Gasteiger partial charge on any atom is 0.341 e. The van der Waals surface area contributed by atoms with E-state index >= 15 is 0 Å². The van der Waals surface area contributed by atoms with Crippen molar-refractivity contribution in [2.75, 3.05) is 37.5 Å². The highest BCUT2D eigenvalue weighted by atomic mass is 32.2. The monoisotopic (exact) mass is 499 g/mol. The number of ether oxygens (including phenoxy) is 2. The van der Waals surface area contributed by atoms with Crippen LogP contribution in [0.15, 0.2) is 64.4 Å². The van der Waals surface area contributed by atoms with Crippen LogP contribution in [-0.2, 0) is 14.3 Å². The van der Waals surface area contributed by atoms with E-state index in [0.717, 1.165) is 26.8 Å². The second-order valence-electron chi connectivity index (χ2n) is 7.07. The number of para-hydroxylation sites is 1. The highest BCUT2D eigenvalue weighted by Gasteiger charge is 2.25. The fraction of sp³-hybridized carbons (Fsp3) is 0.208. The number of amides is 2. The average molecular weight is 500 g/mol. The topological polar surface area (TPSA) is 120 Å². The van der Waals surface area contributed by atoms with Gasteiger partial charge in [-0.3, -0.25) is 9.59 Å². The Balaban J connectivity index is 1.71. The highest BCUT2D eigenvalue weighted by Crippen LogP contribution is 2.34. The maximum atomic E-state index is 12.7. The molecule has 0 unspecified atom stereocenters. The lowest BCUT2D eigenvalue weighted by Gasteiger charge is -2.12. The molecule has 2 amide bonds. The van der Waals surface area contributed by atoms with Crippen LogP contribution in [-0.4, -0.2) is 44.7 Å². The SMILES string of the molecule is COCCOC(=O)c1c(NC(=O)CNc2ccccc2Sc2ccccc2)sc(C(N)=O)c1C. The van der Waals surface area contributed by atoms with Crippen LogP contribution in [0.4, 0.5) is 10.7 Å². The number of carbonyl (C=O) groups is 3. The van der Waals surface area contributed by atoms with Crippen LogP contribution in [0.3, 0.4) is 0 Å². The summed E-state index contributed by atoms with van der Waals surface area (Å²) in [5, 5.41) is 6.06. The third-order valence-electron chi connectivity index (χ3n) is 4.65. The molecule has 3 rings (SSSR count). The summed E-state index contributed by atoms with van der Waals surface area (Å²) in [4.78, 5) is 39.3. The van der Waals surface area contributed by atoms with E-state index < -0.39 is 11.9 Å². The first-order chi connectivity index (χ1) is 16.4. The zero-order valence-electron chi connectivity index (χ0n) is 18.8. The number of hydrogen-bond donors (Lipinski definition) is 3. The minimum atomic E-state index is -0.682. The lowest BCUT2D eigenvalue weighted by Crippen LogP contribution is -2.23. The van der Waals surface area contributed by atoms with Gasteiger partial charge < -0.3 is 25.8 Å². The van der Waals surface area contributed by atoms with Crippen molar-refractivity contribution in [3.63, 3.8) is 0 Å². The van der Waals surface area contributed by atoms with Gasteiger partial charge in [0.1, 0.15) is 11.6 Å². The Kier molecular flexibility index (Phi) is 9.08. The molecule has 34 heavy (non-hydrogen) atoms. The summed E-state index contributed by atoms with van der Waals surface area (Å²) < 4.78 is 10.1. The minimum absolute atomic E-state index is 0.0430. The van der Waals surface area contributed by atoms with Crippen LogP contribution in [0.1, 0.15) is 25.6 Å². The van der Waals surface area contributed by atoms with Crippen molar-refractivity contribution in [2.45, 2.75) is 16.7 Å². The van der Waals surface area contributed by atoms with Crippen LogP contribution in [0.2, 0.25) is 0 Å². The van der Waals surface area contributed by atoms with Gasteiger partial charge in [0.15, 0.2) is 0 Å². The van der Waals surface area contributed by atoms with Crippen molar-refractivity contribution in [1.29, 1.82) is 0 Å². The minimum Gasteiger partial charge on any atom is -0.460 e. The molecule has 0 aliphatic carbocycles. The summed E-state index contributed by atoms with van der Waals surface area (Å²) in [5.41, 5.74) is 6.72. The van der Waals surface area contributed by atoms with Crippen LogP contribution in [0, 0.1) is 6.92 Å². The van der Waals surface area contributed by atoms with Gasteiger partial charge in [-0.05, 0) is 36.8 Å². The van der Waals surface area contributed by atoms with Gasteiger partial charge in [-0.2, -0.15) is 0 Å². The summed E-state index contributed by atoms with van der Waals surface area (Å²) in [7, 11) is 1.49. The van der Waals surface area contributed by atoms with Crippen molar-refractivity contribution in [3.05, 3.63) is 70.6 Å². The van der Waals surface area contributed by atoms with Crippen molar-refractivity contribution in [3.8, 4) is 0 Å². The molecular weight excluding hydrogens is 474 g/mol. The Hall–Kier alpha value is -3.34. The van der Waals surface area contributed by atoms with E-state index in [4.69, 9.17) is 15.2 Å². The molecule has 10 heteroatoms. The van der Waals surface area contributed by atoms with Crippen molar-refractivity contribution in [1.82, 2.24) is 0 Å². The lowest BCUT2D eigenvalue weighted by molar-refractivity contribution is -0.114. The van der Waals surface area contributed by atoms with Crippen molar-refractivity contribution >= 4 is 51.6 Å². The van der Waals surface area contributed by atoms with Gasteiger partial charge in [-0.25, -0.2) is 4.79 Å². The second kappa shape index (κ2) is 12.2. The Morgan fingerprint density at radius 1 is 1.03 bits per heavy atom. The van der Waals surface area contributed by atoms with E-state index in [-0.39, 0.29) is 41.1 Å². The third kappa shape index (κ3) is 6.60. The van der Waals surface area contributed by atoms with Gasteiger partial charge in [0.05, 0.1) is 23.6 Å². The molecule has 0 radical (unpaired) electrons. The van der Waals surface area contributed by atoms with Gasteiger partial charge in [-0.15, -0.1) is 11.3 Å². The molecule has 0 saturated heterocycles. The Bertz CT molecular complexity index is 1160. The number of rotatable bonds is 11. The van der Waals surface area contributed by atoms with E-state index in [2.05, 4.69) is 10.6 Å². The molecule has 4 N–H and O–H groups in total. The van der Waals surface area contributed by atoms with E-state index in [1.807, 2.05) is 54.6 Å². The molecule has 0 aliphatic heterocycles. The molecule has 0 bridgehead atoms. The predicted octanol–water partition coefficient (Wildman–Crippen LogP) is 4.16. The molecular formula is C24H25N3O5S2. The maximum absolute atomic E-state index is 12.7. The van der Waals surface area contributed by atoms with E-state index in [0.29, 0.717) is 5.56 Å². The molecule has 178 valence electrons. The molecule has 1 heterocycles. The van der Waals surface area contributed by atoms with Crippen LogP contribution in [0.5, 0.6) is 0 Å². The fourth-order valence-corrected chi connectivity index (χ4v) is 5.04. The quantitative estimate of drug-likeness (QED) is 0.268. The second-order valence-corrected chi connectivity index (χ2v) is 9.20. The standard InChI is InChI=1S/C24H25N3O5S2/c1-15-20(24(30)32-13-12-31-2)23(34-21(15)22(25)29)27-19(28)14-26-17-10-6-7-11-18(17)33-16-8-4-3-5-9-16/h3-11,26H,12-14H2,1-2H3,(H2,25,29)(H,27,28).